The summed E-state index contributed by atoms with van der Waals surface area (Å²) in [6.45, 7) is 20.1. The average Bonchev–Trinajstić information content (AvgIpc) is 3.39. The van der Waals surface area contributed by atoms with E-state index in [1.807, 2.05) is 0 Å². The van der Waals surface area contributed by atoms with Gasteiger partial charge in [-0.2, -0.15) is 0 Å². The predicted octanol–water partition coefficient (Wildman–Crippen LogP) is 9.72. The Bertz CT molecular complexity index is 1130. The number of amides is 1. The molecule has 0 bridgehead atoms. The van der Waals surface area contributed by atoms with Crippen LogP contribution in [0.5, 0.6) is 0 Å². The number of nitrogens with one attached hydrogen (secondary N) is 1. The molecule has 0 radical (unpaired) electrons. The molecule has 0 aromatic carbocycles. The normalized spacial score (nSPS) is 42.7. The molecule has 5 aliphatic carbocycles. The number of aliphatic hydroxyl groups is 1. The fraction of sp³-hybridized carbons (Fsp3) is 0.902. The van der Waals surface area contributed by atoms with E-state index < -0.39 is 5.97 Å². The van der Waals surface area contributed by atoms with Crippen LogP contribution in [0.4, 0.5) is 0 Å². The van der Waals surface area contributed by atoms with E-state index in [-0.39, 0.29) is 33.2 Å². The van der Waals surface area contributed by atoms with Crippen molar-refractivity contribution in [3.8, 4) is 0 Å². The summed E-state index contributed by atoms with van der Waals surface area (Å²) >= 11 is 0. The van der Waals surface area contributed by atoms with Crippen LogP contribution < -0.4 is 5.32 Å². The smallest absolute Gasteiger partial charge is 0.303 e. The topological polar surface area (TPSA) is 86.6 Å². The highest BCUT2D eigenvalue weighted by Crippen LogP contribution is 2.77. The molecule has 262 valence electrons. The van der Waals surface area contributed by atoms with Crippen molar-refractivity contribution in [2.75, 3.05) is 6.54 Å². The van der Waals surface area contributed by atoms with Gasteiger partial charge in [-0.1, -0.05) is 85.3 Å². The molecule has 3 unspecified atom stereocenters. The SMILES string of the molecule is C=C(C)[C@@H]1CC[C@]2(C(=O)NCCCCCCCCCCC(=O)O)CC[C@]3(C)[C@H](CCC4[C@@]5(C)CCC(O)C(C)(C)C5CC[C@]43C)[C@@H]12. The monoisotopic (exact) mass is 640 g/mol. The maximum Gasteiger partial charge on any atom is 0.303 e. The second-order valence-electron chi connectivity index (χ2n) is 18.4. The molecule has 10 atom stereocenters. The molecule has 0 heterocycles. The summed E-state index contributed by atoms with van der Waals surface area (Å²) in [5.74, 6) is 2.32. The Morgan fingerprint density at radius 2 is 1.39 bits per heavy atom. The number of aliphatic carboxylic acids is 1. The van der Waals surface area contributed by atoms with Gasteiger partial charge in [0.1, 0.15) is 0 Å². The van der Waals surface area contributed by atoms with E-state index in [1.165, 1.54) is 50.5 Å². The van der Waals surface area contributed by atoms with Gasteiger partial charge in [0, 0.05) is 13.0 Å². The largest absolute Gasteiger partial charge is 0.481 e. The highest BCUT2D eigenvalue weighted by molar-refractivity contribution is 5.83. The van der Waals surface area contributed by atoms with Crippen LogP contribution in [0.2, 0.25) is 0 Å². The molecule has 5 nitrogen and oxygen atoms in total. The number of carboxylic acids is 1. The van der Waals surface area contributed by atoms with Crippen molar-refractivity contribution in [2.45, 2.75) is 170 Å². The molecular weight excluding hydrogens is 570 g/mol. The van der Waals surface area contributed by atoms with E-state index in [9.17, 15) is 14.7 Å². The van der Waals surface area contributed by atoms with Crippen LogP contribution in [0.3, 0.4) is 0 Å². The number of fused-ring (bicyclic) bond motifs is 7. The molecule has 46 heavy (non-hydrogen) atoms. The number of aliphatic hydroxyl groups excluding tert-OH is 1. The Hall–Kier alpha value is -1.36. The molecule has 0 aliphatic heterocycles. The first-order valence-electron chi connectivity index (χ1n) is 19.5. The second-order valence-corrected chi connectivity index (χ2v) is 18.4. The van der Waals surface area contributed by atoms with Crippen molar-refractivity contribution in [3.63, 3.8) is 0 Å². The van der Waals surface area contributed by atoms with E-state index in [2.05, 4.69) is 53.4 Å². The molecule has 0 spiro atoms. The summed E-state index contributed by atoms with van der Waals surface area (Å²) in [6, 6.07) is 0. The average molecular weight is 640 g/mol. The minimum absolute atomic E-state index is 0.0221. The highest BCUT2D eigenvalue weighted by atomic mass is 16.4. The van der Waals surface area contributed by atoms with Crippen LogP contribution in [0.15, 0.2) is 12.2 Å². The Morgan fingerprint density at radius 3 is 2.04 bits per heavy atom. The molecular formula is C41H69NO4. The predicted molar refractivity (Wildman–Crippen MR) is 187 cm³/mol. The van der Waals surface area contributed by atoms with Crippen molar-refractivity contribution < 1.29 is 19.8 Å². The second kappa shape index (κ2) is 13.5. The van der Waals surface area contributed by atoms with Crippen LogP contribution in [-0.4, -0.2) is 34.7 Å². The zero-order valence-electron chi connectivity index (χ0n) is 30.5. The van der Waals surface area contributed by atoms with Gasteiger partial charge in [0.25, 0.3) is 0 Å². The fourth-order valence-electron chi connectivity index (χ4n) is 13.4. The van der Waals surface area contributed by atoms with E-state index in [4.69, 9.17) is 5.11 Å². The van der Waals surface area contributed by atoms with Gasteiger partial charge in [0.2, 0.25) is 5.91 Å². The number of hydrogen-bond donors (Lipinski definition) is 3. The van der Waals surface area contributed by atoms with Crippen LogP contribution in [0.25, 0.3) is 0 Å². The molecule has 5 aliphatic rings. The van der Waals surface area contributed by atoms with E-state index >= 15 is 0 Å². The molecule has 5 fully saturated rings. The Balaban J connectivity index is 1.24. The lowest BCUT2D eigenvalue weighted by Gasteiger charge is -2.72. The third-order valence-corrected chi connectivity index (χ3v) is 16.1. The van der Waals surface area contributed by atoms with Gasteiger partial charge in [-0.3, -0.25) is 9.59 Å². The highest BCUT2D eigenvalue weighted by Gasteiger charge is 2.71. The zero-order chi connectivity index (χ0) is 33.5. The van der Waals surface area contributed by atoms with Crippen molar-refractivity contribution in [1.82, 2.24) is 5.32 Å². The quantitative estimate of drug-likeness (QED) is 0.138. The third-order valence-electron chi connectivity index (χ3n) is 16.1. The number of rotatable bonds is 13. The van der Waals surface area contributed by atoms with Crippen LogP contribution >= 0.6 is 0 Å². The molecule has 5 saturated carbocycles. The lowest BCUT2D eigenvalue weighted by molar-refractivity contribution is -0.246. The van der Waals surface area contributed by atoms with Crippen molar-refractivity contribution >= 4 is 11.9 Å². The number of carbonyl (C=O) groups is 2. The first-order valence-corrected chi connectivity index (χ1v) is 19.5. The van der Waals surface area contributed by atoms with Crippen LogP contribution in [0, 0.1) is 56.7 Å². The van der Waals surface area contributed by atoms with Gasteiger partial charge < -0.3 is 15.5 Å². The first-order chi connectivity index (χ1) is 21.6. The van der Waals surface area contributed by atoms with Gasteiger partial charge in [-0.25, -0.2) is 0 Å². The molecule has 1 amide bonds. The van der Waals surface area contributed by atoms with Crippen LogP contribution in [-0.2, 0) is 9.59 Å². The number of allylic oxidation sites excluding steroid dienone is 1. The van der Waals surface area contributed by atoms with Crippen LogP contribution in [0.1, 0.15) is 164 Å². The number of hydrogen-bond acceptors (Lipinski definition) is 3. The summed E-state index contributed by atoms with van der Waals surface area (Å²) in [6.07, 6.45) is 20.2. The molecule has 5 heteroatoms. The van der Waals surface area contributed by atoms with E-state index in [1.54, 1.807) is 0 Å². The van der Waals surface area contributed by atoms with E-state index in [0.717, 1.165) is 77.2 Å². The summed E-state index contributed by atoms with van der Waals surface area (Å²) in [5.41, 5.74) is 1.79. The summed E-state index contributed by atoms with van der Waals surface area (Å²) in [4.78, 5) is 25.0. The minimum Gasteiger partial charge on any atom is -0.481 e. The van der Waals surface area contributed by atoms with Crippen molar-refractivity contribution in [1.29, 1.82) is 0 Å². The molecule has 3 N–H and O–H groups in total. The zero-order valence-corrected chi connectivity index (χ0v) is 30.5. The first kappa shape index (κ1) is 35.9. The molecule has 5 rings (SSSR count). The van der Waals surface area contributed by atoms with Gasteiger partial charge in [0.15, 0.2) is 0 Å². The summed E-state index contributed by atoms with van der Waals surface area (Å²) < 4.78 is 0. The van der Waals surface area contributed by atoms with Crippen molar-refractivity contribution in [3.05, 3.63) is 12.2 Å². The number of unbranched alkanes of at least 4 members (excludes halogenated alkanes) is 7. The van der Waals surface area contributed by atoms with E-state index in [0.29, 0.717) is 41.9 Å². The Labute approximate surface area is 281 Å². The molecule has 0 aromatic rings. The van der Waals surface area contributed by atoms with Crippen molar-refractivity contribution in [2.24, 2.45) is 56.7 Å². The van der Waals surface area contributed by atoms with Gasteiger partial charge in [-0.05, 0) is 135 Å². The molecule has 0 saturated heterocycles. The lowest BCUT2D eigenvalue weighted by atomic mass is 9.32. The number of carboxylic acid groups (broad SMARTS) is 1. The maximum atomic E-state index is 14.3. The summed E-state index contributed by atoms with van der Waals surface area (Å²) in [5, 5.41) is 23.3. The third kappa shape index (κ3) is 5.93. The number of carbonyl (C=O) groups excluding carboxylic acids is 1. The molecule has 0 aromatic heterocycles. The Morgan fingerprint density at radius 1 is 0.739 bits per heavy atom. The minimum atomic E-state index is -0.688. The maximum absolute atomic E-state index is 14.3. The Kier molecular flexibility index (Phi) is 10.6. The standard InChI is InChI=1S/C41H69NO4/c1-28(2)29-19-24-41(36(46)42-27-15-13-11-9-8-10-12-14-16-34(44)45)26-25-39(6)30(35(29)41)17-18-32-38(5)22-21-33(43)37(3,4)31(38)20-23-40(32,39)7/h29-33,35,43H,1,8-27H2,2-7H3,(H,42,46)(H,44,45)/t29-,30+,31?,32?,33?,35+,38-,39+,40+,41-/m0/s1. The van der Waals surface area contributed by atoms with Gasteiger partial charge >= 0.3 is 5.97 Å². The van der Waals surface area contributed by atoms with Gasteiger partial charge in [0.05, 0.1) is 11.5 Å². The lowest BCUT2D eigenvalue weighted by Crippen LogP contribution is -2.67. The van der Waals surface area contributed by atoms with Gasteiger partial charge in [-0.15, -0.1) is 0 Å². The fourth-order valence-corrected chi connectivity index (χ4v) is 13.4. The summed E-state index contributed by atoms with van der Waals surface area (Å²) in [7, 11) is 0.